The van der Waals surface area contributed by atoms with Gasteiger partial charge in [0.25, 0.3) is 11.6 Å². The molecule has 6 nitrogen and oxygen atoms in total. The summed E-state index contributed by atoms with van der Waals surface area (Å²) in [6, 6.07) is 3.66. The second-order valence-corrected chi connectivity index (χ2v) is 4.72. The van der Waals surface area contributed by atoms with Crippen molar-refractivity contribution in [1.82, 2.24) is 5.32 Å². The van der Waals surface area contributed by atoms with Crippen molar-refractivity contribution in [1.29, 1.82) is 0 Å². The van der Waals surface area contributed by atoms with Gasteiger partial charge in [0.2, 0.25) is 0 Å². The largest absolute Gasteiger partial charge is 0.394 e. The summed E-state index contributed by atoms with van der Waals surface area (Å²) in [6.07, 6.45) is 1.44. The second kappa shape index (κ2) is 4.55. The van der Waals surface area contributed by atoms with Crippen molar-refractivity contribution >= 4 is 23.2 Å². The number of aliphatic hydroxyl groups is 1. The zero-order valence-corrected chi connectivity index (χ0v) is 10.1. The Morgan fingerprint density at radius 2 is 2.22 bits per heavy atom. The number of non-ortho nitro benzene ring substituents is 1. The zero-order chi connectivity index (χ0) is 13.3. The van der Waals surface area contributed by atoms with Crippen LogP contribution in [0.15, 0.2) is 18.2 Å². The highest BCUT2D eigenvalue weighted by Crippen LogP contribution is 2.35. The standard InChI is InChI=1S/C11H11ClN2O4/c12-9-5-7(14(17)18)1-2-8(9)10(16)13-11(6-15)3-4-11/h1-2,5,15H,3-4,6H2,(H,13,16). The molecule has 1 saturated carbocycles. The van der Waals surface area contributed by atoms with E-state index in [9.17, 15) is 14.9 Å². The molecule has 2 rings (SSSR count). The molecule has 1 aromatic rings. The number of carbonyl (C=O) groups excluding carboxylic acids is 1. The van der Waals surface area contributed by atoms with E-state index in [1.165, 1.54) is 12.1 Å². The summed E-state index contributed by atoms with van der Waals surface area (Å²) in [7, 11) is 0. The Labute approximate surface area is 108 Å². The minimum Gasteiger partial charge on any atom is -0.394 e. The van der Waals surface area contributed by atoms with Gasteiger partial charge in [-0.1, -0.05) is 11.6 Å². The molecule has 0 aromatic heterocycles. The first-order valence-corrected chi connectivity index (χ1v) is 5.72. The fourth-order valence-electron chi connectivity index (χ4n) is 1.58. The lowest BCUT2D eigenvalue weighted by molar-refractivity contribution is -0.384. The second-order valence-electron chi connectivity index (χ2n) is 4.31. The van der Waals surface area contributed by atoms with Crippen LogP contribution in [0.3, 0.4) is 0 Å². The third-order valence-electron chi connectivity index (χ3n) is 2.94. The number of hydrogen-bond donors (Lipinski definition) is 2. The molecule has 0 radical (unpaired) electrons. The Kier molecular flexibility index (Phi) is 3.23. The fourth-order valence-corrected chi connectivity index (χ4v) is 1.84. The van der Waals surface area contributed by atoms with Crippen LogP contribution in [0.4, 0.5) is 5.69 Å². The molecule has 96 valence electrons. The van der Waals surface area contributed by atoms with Crippen LogP contribution in [0.25, 0.3) is 0 Å². The average molecular weight is 271 g/mol. The van der Waals surface area contributed by atoms with E-state index in [4.69, 9.17) is 16.7 Å². The van der Waals surface area contributed by atoms with Gasteiger partial charge < -0.3 is 10.4 Å². The van der Waals surface area contributed by atoms with Crippen LogP contribution in [-0.2, 0) is 0 Å². The lowest BCUT2D eigenvalue weighted by Gasteiger charge is -2.14. The molecule has 1 aliphatic rings. The third-order valence-corrected chi connectivity index (χ3v) is 3.26. The van der Waals surface area contributed by atoms with E-state index >= 15 is 0 Å². The van der Waals surface area contributed by atoms with Crippen LogP contribution < -0.4 is 5.32 Å². The van der Waals surface area contributed by atoms with Crippen molar-refractivity contribution in [3.8, 4) is 0 Å². The summed E-state index contributed by atoms with van der Waals surface area (Å²) in [5, 5.41) is 22.3. The number of nitro groups is 1. The van der Waals surface area contributed by atoms with Crippen molar-refractivity contribution in [2.24, 2.45) is 0 Å². The number of halogens is 1. The summed E-state index contributed by atoms with van der Waals surface area (Å²) in [6.45, 7) is -0.122. The van der Waals surface area contributed by atoms with Gasteiger partial charge in [-0.05, 0) is 18.9 Å². The first-order chi connectivity index (χ1) is 8.47. The molecule has 0 saturated heterocycles. The Morgan fingerprint density at radius 1 is 1.56 bits per heavy atom. The van der Waals surface area contributed by atoms with E-state index in [2.05, 4.69) is 5.32 Å². The van der Waals surface area contributed by atoms with Crippen LogP contribution in [-0.4, -0.2) is 28.1 Å². The lowest BCUT2D eigenvalue weighted by Crippen LogP contribution is -2.39. The van der Waals surface area contributed by atoms with E-state index in [1.54, 1.807) is 0 Å². The smallest absolute Gasteiger partial charge is 0.270 e. The molecule has 1 fully saturated rings. The maximum atomic E-state index is 11.9. The van der Waals surface area contributed by atoms with Crippen LogP contribution in [0.1, 0.15) is 23.2 Å². The molecule has 1 aromatic carbocycles. The fraction of sp³-hybridized carbons (Fsp3) is 0.364. The molecule has 1 amide bonds. The summed E-state index contributed by atoms with van der Waals surface area (Å²) >= 11 is 5.83. The number of nitro benzene ring substituents is 1. The Balaban J connectivity index is 2.18. The van der Waals surface area contributed by atoms with Crippen LogP contribution in [0, 0.1) is 10.1 Å². The van der Waals surface area contributed by atoms with Gasteiger partial charge in [0.05, 0.1) is 27.7 Å². The van der Waals surface area contributed by atoms with Gasteiger partial charge in [-0.3, -0.25) is 14.9 Å². The highest BCUT2D eigenvalue weighted by molar-refractivity contribution is 6.34. The Morgan fingerprint density at radius 3 is 2.67 bits per heavy atom. The molecule has 0 heterocycles. The quantitative estimate of drug-likeness (QED) is 0.640. The van der Waals surface area contributed by atoms with Crippen molar-refractivity contribution in [2.45, 2.75) is 18.4 Å². The van der Waals surface area contributed by atoms with E-state index < -0.39 is 16.4 Å². The molecule has 18 heavy (non-hydrogen) atoms. The summed E-state index contributed by atoms with van der Waals surface area (Å²) in [5.41, 5.74) is -0.538. The SMILES string of the molecule is O=C(NC1(CO)CC1)c1ccc([N+](=O)[O-])cc1Cl. The van der Waals surface area contributed by atoms with Crippen molar-refractivity contribution in [2.75, 3.05) is 6.61 Å². The third kappa shape index (κ3) is 2.44. The molecule has 1 aliphatic carbocycles. The van der Waals surface area contributed by atoms with E-state index in [0.717, 1.165) is 18.9 Å². The molecular weight excluding hydrogens is 260 g/mol. The number of benzene rings is 1. The van der Waals surface area contributed by atoms with Crippen molar-refractivity contribution < 1.29 is 14.8 Å². The molecule has 2 N–H and O–H groups in total. The minimum absolute atomic E-state index is 0.0236. The van der Waals surface area contributed by atoms with Gasteiger partial charge >= 0.3 is 0 Å². The molecular formula is C11H11ClN2O4. The predicted octanol–water partition coefficient (Wildman–Crippen LogP) is 1.50. The molecule has 0 atom stereocenters. The molecule has 0 aliphatic heterocycles. The van der Waals surface area contributed by atoms with E-state index in [0.29, 0.717) is 0 Å². The number of nitrogens with one attached hydrogen (secondary N) is 1. The first-order valence-electron chi connectivity index (χ1n) is 5.35. The average Bonchev–Trinajstić information content (AvgIpc) is 3.09. The normalized spacial score (nSPS) is 16.1. The Hall–Kier alpha value is -1.66. The highest BCUT2D eigenvalue weighted by Gasteiger charge is 2.43. The summed E-state index contributed by atoms with van der Waals surface area (Å²) in [5.74, 6) is -0.429. The lowest BCUT2D eigenvalue weighted by atomic mass is 10.1. The first kappa shape index (κ1) is 12.8. The van der Waals surface area contributed by atoms with Crippen molar-refractivity contribution in [3.63, 3.8) is 0 Å². The van der Waals surface area contributed by atoms with Gasteiger partial charge in [0.1, 0.15) is 0 Å². The number of nitrogens with zero attached hydrogens (tertiary/aromatic N) is 1. The monoisotopic (exact) mass is 270 g/mol. The molecule has 0 unspecified atom stereocenters. The van der Waals surface area contributed by atoms with E-state index in [-0.39, 0.29) is 22.9 Å². The predicted molar refractivity (Wildman–Crippen MR) is 64.6 cm³/mol. The Bertz CT molecular complexity index is 514. The van der Waals surface area contributed by atoms with Gasteiger partial charge in [0.15, 0.2) is 0 Å². The number of rotatable bonds is 4. The summed E-state index contributed by atoms with van der Waals surface area (Å²) < 4.78 is 0. The maximum Gasteiger partial charge on any atom is 0.270 e. The number of amides is 1. The van der Waals surface area contributed by atoms with Gasteiger partial charge in [-0.25, -0.2) is 0 Å². The summed E-state index contributed by atoms with van der Waals surface area (Å²) in [4.78, 5) is 21.8. The molecule has 7 heteroatoms. The van der Waals surface area contributed by atoms with Crippen LogP contribution >= 0.6 is 11.6 Å². The number of hydrogen-bond acceptors (Lipinski definition) is 4. The number of carbonyl (C=O) groups is 1. The van der Waals surface area contributed by atoms with Crippen molar-refractivity contribution in [3.05, 3.63) is 38.9 Å². The minimum atomic E-state index is -0.580. The number of aliphatic hydroxyl groups excluding tert-OH is 1. The van der Waals surface area contributed by atoms with E-state index in [1.807, 2.05) is 0 Å². The van der Waals surface area contributed by atoms with Gasteiger partial charge in [-0.2, -0.15) is 0 Å². The maximum absolute atomic E-state index is 11.9. The van der Waals surface area contributed by atoms with Crippen LogP contribution in [0.5, 0.6) is 0 Å². The topological polar surface area (TPSA) is 92.5 Å². The molecule has 0 spiro atoms. The van der Waals surface area contributed by atoms with Gasteiger partial charge in [-0.15, -0.1) is 0 Å². The van der Waals surface area contributed by atoms with Crippen LogP contribution in [0.2, 0.25) is 5.02 Å². The van der Waals surface area contributed by atoms with Gasteiger partial charge in [0, 0.05) is 12.1 Å². The highest BCUT2D eigenvalue weighted by atomic mass is 35.5. The molecule has 0 bridgehead atoms. The zero-order valence-electron chi connectivity index (χ0n) is 9.35.